The van der Waals surface area contributed by atoms with Crippen molar-refractivity contribution in [2.45, 2.75) is 13.8 Å². The van der Waals surface area contributed by atoms with Crippen molar-refractivity contribution in [1.29, 1.82) is 0 Å². The number of aromatic nitrogens is 2. The normalized spacial score (nSPS) is 11.9. The molecule has 143 valence electrons. The Morgan fingerprint density at radius 2 is 2.04 bits per heavy atom. The summed E-state index contributed by atoms with van der Waals surface area (Å²) in [7, 11) is -1.67. The number of aryl methyl sites for hydroxylation is 1. The Morgan fingerprint density at radius 1 is 1.37 bits per heavy atom. The van der Waals surface area contributed by atoms with Gasteiger partial charge >= 0.3 is 0 Å². The van der Waals surface area contributed by atoms with Crippen LogP contribution in [0.5, 0.6) is 5.75 Å². The van der Waals surface area contributed by atoms with Gasteiger partial charge in [-0.2, -0.15) is 11.2 Å². The second kappa shape index (κ2) is 9.34. The third-order valence-electron chi connectivity index (χ3n) is 3.51. The van der Waals surface area contributed by atoms with E-state index < -0.39 is 15.7 Å². The Labute approximate surface area is 182 Å². The van der Waals surface area contributed by atoms with E-state index in [0.717, 1.165) is 6.26 Å². The summed E-state index contributed by atoms with van der Waals surface area (Å²) in [5.74, 6) is -0.482. The molecule has 0 atom stereocenters. The Bertz CT molecular complexity index is 969. The Balaban J connectivity index is 0.00000364. The molecule has 3 N–H and O–H groups in total. The summed E-state index contributed by atoms with van der Waals surface area (Å²) in [5, 5.41) is 16.5. The second-order valence-corrected chi connectivity index (χ2v) is 7.75. The average molecular weight is 468 g/mol. The number of sulfone groups is 1. The number of amides is 1. The summed E-state index contributed by atoms with van der Waals surface area (Å²) < 4.78 is 24.4. The van der Waals surface area contributed by atoms with Crippen molar-refractivity contribution >= 4 is 27.1 Å². The number of nitrogens with zero attached hydrogens (tertiary/aromatic N) is 2. The zero-order chi connectivity index (χ0) is 19.5. The quantitative estimate of drug-likeness (QED) is 0.256. The van der Waals surface area contributed by atoms with Crippen LogP contribution in [0.4, 0.5) is 11.4 Å². The van der Waals surface area contributed by atoms with Crippen molar-refractivity contribution in [2.75, 3.05) is 17.1 Å². The van der Waals surface area contributed by atoms with Crippen LogP contribution in [-0.4, -0.2) is 35.5 Å². The van der Waals surface area contributed by atoms with E-state index in [9.17, 15) is 18.3 Å². The van der Waals surface area contributed by atoms with Gasteiger partial charge < -0.3 is 15.3 Å². The largest absolute Gasteiger partial charge is 0.531 e. The molecule has 1 amide bonds. The molecule has 2 aromatic rings. The van der Waals surface area contributed by atoms with Crippen LogP contribution in [0.15, 0.2) is 35.2 Å². The van der Waals surface area contributed by atoms with Crippen molar-refractivity contribution in [3.63, 3.8) is 0 Å². The number of rotatable bonds is 6. The molecular formula is C16H19N4O5SY-. The Hall–Kier alpha value is -1.91. The predicted molar refractivity (Wildman–Crippen MR) is 96.0 cm³/mol. The van der Waals surface area contributed by atoms with Crippen LogP contribution in [0.25, 0.3) is 0 Å². The summed E-state index contributed by atoms with van der Waals surface area (Å²) in [6.07, 6.45) is 4.02. The van der Waals surface area contributed by atoms with Crippen LogP contribution < -0.4 is 10.8 Å². The van der Waals surface area contributed by atoms with Gasteiger partial charge in [0, 0.05) is 58.0 Å². The maximum absolute atomic E-state index is 12.1. The number of hydrogen-bond donors (Lipinski definition) is 3. The maximum atomic E-state index is 12.1. The molecule has 0 spiro atoms. The summed E-state index contributed by atoms with van der Waals surface area (Å²) in [6, 6.07) is 5.41. The molecule has 0 saturated carbocycles. The zero-order valence-corrected chi connectivity index (χ0v) is 18.9. The van der Waals surface area contributed by atoms with Gasteiger partial charge in [0.15, 0.2) is 9.84 Å². The first-order valence-electron chi connectivity index (χ1n) is 7.43. The molecule has 9 nitrogen and oxygen atoms in total. The van der Waals surface area contributed by atoms with E-state index in [-0.39, 0.29) is 60.5 Å². The van der Waals surface area contributed by atoms with E-state index in [2.05, 4.69) is 22.0 Å². The van der Waals surface area contributed by atoms with Gasteiger partial charge in [0.2, 0.25) is 5.91 Å². The minimum atomic E-state index is -3.36. The molecule has 1 aromatic heterocycles. The van der Waals surface area contributed by atoms with Crippen LogP contribution in [0.1, 0.15) is 24.2 Å². The fourth-order valence-corrected chi connectivity index (χ4v) is 2.40. The van der Waals surface area contributed by atoms with Gasteiger partial charge in [-0.1, -0.05) is 0 Å². The summed E-state index contributed by atoms with van der Waals surface area (Å²) in [4.78, 5) is 17.3. The van der Waals surface area contributed by atoms with Crippen LogP contribution in [0.2, 0.25) is 0 Å². The molecule has 0 aliphatic rings. The topological polar surface area (TPSA) is 123 Å². The molecule has 0 saturated heterocycles. The molecule has 2 rings (SSSR count). The fraction of sp³-hybridized carbons (Fsp3) is 0.250. The van der Waals surface area contributed by atoms with Crippen molar-refractivity contribution in [1.82, 2.24) is 9.78 Å². The molecule has 0 aliphatic carbocycles. The Morgan fingerprint density at radius 3 is 2.56 bits per heavy atom. The molecule has 0 unspecified atom stereocenters. The van der Waals surface area contributed by atoms with Gasteiger partial charge in [0.1, 0.15) is 5.76 Å². The second-order valence-electron chi connectivity index (χ2n) is 5.59. The smallest absolute Gasteiger partial charge is 0.248 e. The van der Waals surface area contributed by atoms with Crippen molar-refractivity contribution < 1.29 is 55.9 Å². The van der Waals surface area contributed by atoms with Gasteiger partial charge in [-0.25, -0.2) is 13.9 Å². The van der Waals surface area contributed by atoms with Crippen LogP contribution in [0.3, 0.4) is 0 Å². The number of phenols is 1. The molecule has 0 fully saturated rings. The number of carbonyl (C=O) groups is 1. The fourth-order valence-electron chi connectivity index (χ4n) is 1.84. The Kier molecular flexibility index (Phi) is 8.00. The first-order chi connectivity index (χ1) is 12.1. The van der Waals surface area contributed by atoms with Crippen LogP contribution in [-0.2, 0) is 54.4 Å². The molecule has 1 radical (unpaired) electrons. The van der Waals surface area contributed by atoms with E-state index in [4.69, 9.17) is 4.84 Å². The van der Waals surface area contributed by atoms with E-state index >= 15 is 0 Å². The van der Waals surface area contributed by atoms with Gasteiger partial charge in [0.25, 0.3) is 0 Å². The summed E-state index contributed by atoms with van der Waals surface area (Å²) >= 11 is 0. The average Bonchev–Trinajstić information content (AvgIpc) is 2.99. The monoisotopic (exact) mass is 468 g/mol. The van der Waals surface area contributed by atoms with Crippen LogP contribution >= 0.6 is 0 Å². The molecule has 1 aromatic carbocycles. The molecule has 0 bridgehead atoms. The number of carbonyl (C=O) groups excluding carboxylic acids is 1. The predicted octanol–water partition coefficient (Wildman–Crippen LogP) is 1.82. The third-order valence-corrected chi connectivity index (χ3v) is 4.91. The number of allylic oxidation sites excluding steroid dienone is 2. The third kappa shape index (κ3) is 6.33. The zero-order valence-electron chi connectivity index (χ0n) is 15.3. The molecule has 1 heterocycles. The SMILES string of the molecule is C/C(ONc1[c-]cc(NC(=O)c2cnn(C)c2)c(O)c1)=C(\C)S(C)(=O)=O.[Y]. The van der Waals surface area contributed by atoms with Crippen molar-refractivity contribution in [3.8, 4) is 5.75 Å². The van der Waals surface area contributed by atoms with Gasteiger partial charge in [-0.3, -0.25) is 9.48 Å². The number of phenolic OH excluding ortho intramolecular Hbond substituents is 1. The van der Waals surface area contributed by atoms with Crippen molar-refractivity contribution in [3.05, 3.63) is 46.8 Å². The first-order valence-corrected chi connectivity index (χ1v) is 9.32. The number of hydrogen-bond acceptors (Lipinski definition) is 7. The number of anilines is 2. The minimum absolute atomic E-state index is 0. The molecular weight excluding hydrogens is 449 g/mol. The van der Waals surface area contributed by atoms with E-state index in [0.29, 0.717) is 5.56 Å². The van der Waals surface area contributed by atoms with Gasteiger partial charge in [-0.05, 0) is 25.2 Å². The first kappa shape index (κ1) is 23.1. The van der Waals surface area contributed by atoms with E-state index in [1.807, 2.05) is 0 Å². The summed E-state index contributed by atoms with van der Waals surface area (Å²) in [6.45, 7) is 2.91. The maximum Gasteiger partial charge on any atom is 0.248 e. The minimum Gasteiger partial charge on any atom is -0.531 e. The van der Waals surface area contributed by atoms with Gasteiger partial charge in [0.05, 0.1) is 16.7 Å². The number of aromatic hydroxyl groups is 1. The molecule has 0 aliphatic heterocycles. The summed E-state index contributed by atoms with van der Waals surface area (Å²) in [5.41, 5.74) is 3.24. The standard InChI is InChI=1S/C16H19N4O5S.Y/c1-10(11(2)26(4,23)24)25-19-13-5-6-14(15(21)7-13)18-16(22)12-8-17-20(3)9-12;/h6-9,19,21H,1-4H3,(H,18,22);/q-1;/b11-10-;. The van der Waals surface area contributed by atoms with E-state index in [1.165, 1.54) is 36.9 Å². The van der Waals surface area contributed by atoms with Crippen LogP contribution in [0, 0.1) is 6.07 Å². The van der Waals surface area contributed by atoms with Crippen molar-refractivity contribution in [2.24, 2.45) is 7.05 Å². The molecule has 11 heteroatoms. The molecule has 27 heavy (non-hydrogen) atoms. The van der Waals surface area contributed by atoms with E-state index in [1.54, 1.807) is 13.2 Å². The van der Waals surface area contributed by atoms with Gasteiger partial charge in [-0.15, -0.1) is 12.1 Å². The number of benzene rings is 1. The number of nitrogens with one attached hydrogen (secondary N) is 2.